The van der Waals surface area contributed by atoms with Crippen LogP contribution in [0.2, 0.25) is 0 Å². The Labute approximate surface area is 125 Å². The third-order valence-corrected chi connectivity index (χ3v) is 4.21. The molecule has 1 amide bonds. The van der Waals surface area contributed by atoms with E-state index in [1.165, 1.54) is 5.56 Å². The number of Topliss-reactive ketones (excluding diaryl/α,β-unsaturated/α-hetero) is 1. The number of benzene rings is 1. The summed E-state index contributed by atoms with van der Waals surface area (Å²) >= 11 is 0. The zero-order valence-electron chi connectivity index (χ0n) is 12.9. The van der Waals surface area contributed by atoms with Crippen LogP contribution in [0.4, 0.5) is 0 Å². The van der Waals surface area contributed by atoms with Gasteiger partial charge in [0.15, 0.2) is 0 Å². The molecule has 114 valence electrons. The molecule has 21 heavy (non-hydrogen) atoms. The van der Waals surface area contributed by atoms with Gasteiger partial charge in [-0.05, 0) is 48.4 Å². The number of hydrogen-bond acceptors (Lipinski definition) is 3. The molecule has 1 aromatic carbocycles. The predicted molar refractivity (Wildman–Crippen MR) is 80.3 cm³/mol. The average molecular weight is 289 g/mol. The average Bonchev–Trinajstić information content (AvgIpc) is 2.44. The Bertz CT molecular complexity index is 558. The first-order chi connectivity index (χ1) is 9.81. The summed E-state index contributed by atoms with van der Waals surface area (Å²) in [6, 6.07) is 5.50. The van der Waals surface area contributed by atoms with Crippen molar-refractivity contribution in [2.75, 3.05) is 0 Å². The number of hydroxylamine groups is 1. The highest BCUT2D eigenvalue weighted by Gasteiger charge is 2.27. The number of amides is 1. The van der Waals surface area contributed by atoms with Crippen molar-refractivity contribution in [1.29, 1.82) is 0 Å². The summed E-state index contributed by atoms with van der Waals surface area (Å²) in [6.45, 7) is 5.86. The molecule has 0 bridgehead atoms. The Balaban J connectivity index is 2.12. The zero-order chi connectivity index (χ0) is 15.6. The van der Waals surface area contributed by atoms with Crippen LogP contribution < -0.4 is 5.48 Å². The van der Waals surface area contributed by atoms with Crippen LogP contribution in [0.3, 0.4) is 0 Å². The molecule has 4 nitrogen and oxygen atoms in total. The van der Waals surface area contributed by atoms with Gasteiger partial charge in [0.2, 0.25) is 0 Å². The normalized spacial score (nSPS) is 18.0. The minimum atomic E-state index is -0.495. The Hall–Kier alpha value is -1.68. The van der Waals surface area contributed by atoms with E-state index in [1.54, 1.807) is 11.5 Å². The topological polar surface area (TPSA) is 66.4 Å². The standard InChI is InChI=1S/C17H23NO3/c1-17(2,3)15(19)9-11-4-5-12-6-7-13(16(20)18-21)10-14(12)8-11/h6-7,10-11,21H,4-5,8-9H2,1-3H3,(H,18,20)/t11-/m0/s1. The molecule has 1 aliphatic carbocycles. The van der Waals surface area contributed by atoms with E-state index in [9.17, 15) is 9.59 Å². The first-order valence-electron chi connectivity index (χ1n) is 7.41. The van der Waals surface area contributed by atoms with Crippen LogP contribution in [-0.2, 0) is 17.6 Å². The maximum absolute atomic E-state index is 12.2. The molecule has 0 radical (unpaired) electrons. The Kier molecular flexibility index (Phi) is 4.47. The van der Waals surface area contributed by atoms with Crippen LogP contribution in [0, 0.1) is 11.3 Å². The molecular formula is C17H23NO3. The van der Waals surface area contributed by atoms with Gasteiger partial charge >= 0.3 is 0 Å². The fourth-order valence-corrected chi connectivity index (χ4v) is 2.78. The van der Waals surface area contributed by atoms with Crippen LogP contribution >= 0.6 is 0 Å². The number of fused-ring (bicyclic) bond motifs is 1. The molecule has 0 aromatic heterocycles. The molecule has 2 rings (SSSR count). The van der Waals surface area contributed by atoms with Crippen LogP contribution in [0.15, 0.2) is 18.2 Å². The van der Waals surface area contributed by atoms with Crippen molar-refractivity contribution < 1.29 is 14.8 Å². The van der Waals surface area contributed by atoms with Crippen LogP contribution in [0.5, 0.6) is 0 Å². The van der Waals surface area contributed by atoms with Crippen molar-refractivity contribution >= 4 is 11.7 Å². The summed E-state index contributed by atoms with van der Waals surface area (Å²) in [5.41, 5.74) is 4.18. The molecule has 0 heterocycles. The number of rotatable bonds is 3. The molecule has 4 heteroatoms. The lowest BCUT2D eigenvalue weighted by molar-refractivity contribution is -0.127. The van der Waals surface area contributed by atoms with E-state index in [0.717, 1.165) is 24.8 Å². The largest absolute Gasteiger partial charge is 0.299 e. The zero-order valence-corrected chi connectivity index (χ0v) is 12.9. The second-order valence-corrected chi connectivity index (χ2v) is 6.91. The summed E-state index contributed by atoms with van der Waals surface area (Å²) in [5, 5.41) is 8.71. The molecule has 0 fully saturated rings. The lowest BCUT2D eigenvalue weighted by atomic mass is 9.77. The van der Waals surface area contributed by atoms with Crippen molar-refractivity contribution in [3.8, 4) is 0 Å². The predicted octanol–water partition coefficient (Wildman–Crippen LogP) is 2.92. The molecule has 0 saturated heterocycles. The maximum Gasteiger partial charge on any atom is 0.274 e. The molecule has 1 atom stereocenters. The quantitative estimate of drug-likeness (QED) is 0.664. The van der Waals surface area contributed by atoms with E-state index in [1.807, 2.05) is 32.9 Å². The summed E-state index contributed by atoms with van der Waals surface area (Å²) in [6.07, 6.45) is 3.38. The van der Waals surface area contributed by atoms with Gasteiger partial charge in [-0.25, -0.2) is 5.48 Å². The van der Waals surface area contributed by atoms with Crippen LogP contribution in [0.25, 0.3) is 0 Å². The van der Waals surface area contributed by atoms with Crippen molar-refractivity contribution in [2.24, 2.45) is 11.3 Å². The van der Waals surface area contributed by atoms with Gasteiger partial charge in [-0.1, -0.05) is 26.8 Å². The first-order valence-corrected chi connectivity index (χ1v) is 7.41. The van der Waals surface area contributed by atoms with Gasteiger partial charge in [-0.15, -0.1) is 0 Å². The molecular weight excluding hydrogens is 266 g/mol. The van der Waals surface area contributed by atoms with E-state index in [2.05, 4.69) is 0 Å². The van der Waals surface area contributed by atoms with E-state index in [-0.39, 0.29) is 5.41 Å². The number of hydrogen-bond donors (Lipinski definition) is 2. The summed E-state index contributed by atoms with van der Waals surface area (Å²) in [4.78, 5) is 23.6. The van der Waals surface area contributed by atoms with Crippen molar-refractivity contribution in [2.45, 2.75) is 46.5 Å². The SMILES string of the molecule is CC(C)(C)C(=O)C[C@H]1CCc2ccc(C(=O)NO)cc2C1. The fraction of sp³-hybridized carbons (Fsp3) is 0.529. The van der Waals surface area contributed by atoms with Gasteiger partial charge in [0, 0.05) is 17.4 Å². The van der Waals surface area contributed by atoms with Gasteiger partial charge in [0.1, 0.15) is 5.78 Å². The summed E-state index contributed by atoms with van der Waals surface area (Å²) in [7, 11) is 0. The first kappa shape index (κ1) is 15.7. The lowest BCUT2D eigenvalue weighted by Crippen LogP contribution is -2.26. The molecule has 0 saturated carbocycles. The van der Waals surface area contributed by atoms with Gasteiger partial charge in [0.05, 0.1) is 0 Å². The van der Waals surface area contributed by atoms with E-state index in [4.69, 9.17) is 5.21 Å². The van der Waals surface area contributed by atoms with Gasteiger partial charge < -0.3 is 0 Å². The third kappa shape index (κ3) is 3.70. The monoisotopic (exact) mass is 289 g/mol. The summed E-state index contributed by atoms with van der Waals surface area (Å²) in [5.74, 6) is 0.141. The highest BCUT2D eigenvalue weighted by molar-refractivity contribution is 5.93. The Morgan fingerprint density at radius 3 is 2.62 bits per heavy atom. The number of ketones is 1. The minimum absolute atomic E-state index is 0.292. The Morgan fingerprint density at radius 1 is 1.29 bits per heavy atom. The van der Waals surface area contributed by atoms with E-state index >= 15 is 0 Å². The fourth-order valence-electron chi connectivity index (χ4n) is 2.78. The number of nitrogens with one attached hydrogen (secondary N) is 1. The molecule has 2 N–H and O–H groups in total. The molecule has 1 aromatic rings. The third-order valence-electron chi connectivity index (χ3n) is 4.21. The summed E-state index contributed by atoms with van der Waals surface area (Å²) < 4.78 is 0. The van der Waals surface area contributed by atoms with Crippen molar-refractivity contribution in [3.05, 3.63) is 34.9 Å². The Morgan fingerprint density at radius 2 is 2.00 bits per heavy atom. The second kappa shape index (κ2) is 5.98. The van der Waals surface area contributed by atoms with E-state index < -0.39 is 5.91 Å². The highest BCUT2D eigenvalue weighted by Crippen LogP contribution is 2.31. The highest BCUT2D eigenvalue weighted by atomic mass is 16.5. The number of aryl methyl sites for hydroxylation is 1. The smallest absolute Gasteiger partial charge is 0.274 e. The second-order valence-electron chi connectivity index (χ2n) is 6.91. The van der Waals surface area contributed by atoms with Gasteiger partial charge in [-0.3, -0.25) is 14.8 Å². The maximum atomic E-state index is 12.2. The number of carbonyl (C=O) groups is 2. The van der Waals surface area contributed by atoms with Crippen molar-refractivity contribution in [1.82, 2.24) is 5.48 Å². The van der Waals surface area contributed by atoms with Gasteiger partial charge in [0.25, 0.3) is 5.91 Å². The van der Waals surface area contributed by atoms with Crippen LogP contribution in [-0.4, -0.2) is 16.9 Å². The van der Waals surface area contributed by atoms with Crippen LogP contribution in [0.1, 0.15) is 55.1 Å². The van der Waals surface area contributed by atoms with Crippen molar-refractivity contribution in [3.63, 3.8) is 0 Å². The lowest BCUT2D eigenvalue weighted by Gasteiger charge is -2.27. The molecule has 0 aliphatic heterocycles. The van der Waals surface area contributed by atoms with E-state index in [0.29, 0.717) is 23.7 Å². The molecule has 0 unspecified atom stereocenters. The van der Waals surface area contributed by atoms with Gasteiger partial charge in [-0.2, -0.15) is 0 Å². The number of carbonyl (C=O) groups excluding carboxylic acids is 2. The minimum Gasteiger partial charge on any atom is -0.299 e. The molecule has 1 aliphatic rings. The molecule has 0 spiro atoms.